The Morgan fingerprint density at radius 3 is 2.33 bits per heavy atom. The molecule has 1 N–H and O–H groups in total. The van der Waals surface area contributed by atoms with Gasteiger partial charge in [-0.25, -0.2) is 0 Å². The van der Waals surface area contributed by atoms with Crippen LogP contribution in [0, 0.1) is 0 Å². The molecule has 1 fully saturated rings. The predicted molar refractivity (Wildman–Crippen MR) is 54.3 cm³/mol. The summed E-state index contributed by atoms with van der Waals surface area (Å²) in [6.07, 6.45) is -4.42. The Kier molecular flexibility index (Phi) is 4.52. The summed E-state index contributed by atoms with van der Waals surface area (Å²) in [4.78, 5) is 11.8. The van der Waals surface area contributed by atoms with Crippen molar-refractivity contribution in [3.8, 4) is 0 Å². The van der Waals surface area contributed by atoms with Gasteiger partial charge in [0.2, 0.25) is 0 Å². The van der Waals surface area contributed by atoms with Crippen LogP contribution in [-0.2, 0) is 4.79 Å². The highest BCUT2D eigenvalue weighted by Crippen LogP contribution is 2.37. The highest BCUT2D eigenvalue weighted by Gasteiger charge is 2.64. The number of hydrogen-bond donors (Lipinski definition) is 1. The summed E-state index contributed by atoms with van der Waals surface area (Å²) in [7, 11) is 0.998. The lowest BCUT2D eigenvalue weighted by Crippen LogP contribution is -2.53. The van der Waals surface area contributed by atoms with Crippen molar-refractivity contribution < 1.29 is 26.7 Å². The van der Waals surface area contributed by atoms with Gasteiger partial charge >= 0.3 is 18.0 Å². The number of halogens is 5. The van der Waals surface area contributed by atoms with Crippen molar-refractivity contribution >= 4 is 5.91 Å². The number of rotatable bonds is 2. The number of hydrogen-bond acceptors (Lipinski definition) is 2. The van der Waals surface area contributed by atoms with Gasteiger partial charge in [-0.1, -0.05) is 0 Å². The number of nitrogens with one attached hydrogen (secondary N) is 1. The van der Waals surface area contributed by atoms with E-state index in [-0.39, 0.29) is 0 Å². The van der Waals surface area contributed by atoms with E-state index in [4.69, 9.17) is 0 Å². The number of alkyl halides is 5. The molecule has 0 aromatic carbocycles. The smallest absolute Gasteiger partial charge is 0.337 e. The molecular formula is C10H15F5N2O. The van der Waals surface area contributed by atoms with E-state index in [1.807, 2.05) is 0 Å². The van der Waals surface area contributed by atoms with E-state index in [1.165, 1.54) is 0 Å². The summed E-state index contributed by atoms with van der Waals surface area (Å²) in [6, 6.07) is -0.583. The van der Waals surface area contributed by atoms with Gasteiger partial charge in [0, 0.05) is 13.1 Å². The van der Waals surface area contributed by atoms with Crippen molar-refractivity contribution in [2.45, 2.75) is 37.4 Å². The molecule has 1 atom stereocenters. The topological polar surface area (TPSA) is 32.3 Å². The van der Waals surface area contributed by atoms with Crippen LogP contribution in [0.5, 0.6) is 0 Å². The third-order valence-corrected chi connectivity index (χ3v) is 3.04. The molecule has 106 valence electrons. The molecular weight excluding hydrogens is 259 g/mol. The van der Waals surface area contributed by atoms with Crippen LogP contribution in [0.4, 0.5) is 22.0 Å². The molecule has 0 aromatic heterocycles. The monoisotopic (exact) mass is 274 g/mol. The molecule has 3 nitrogen and oxygen atoms in total. The van der Waals surface area contributed by atoms with Crippen LogP contribution < -0.4 is 5.32 Å². The van der Waals surface area contributed by atoms with Gasteiger partial charge in [0.05, 0.1) is 0 Å². The van der Waals surface area contributed by atoms with Gasteiger partial charge in [0.15, 0.2) is 0 Å². The fourth-order valence-corrected chi connectivity index (χ4v) is 1.90. The zero-order valence-electron chi connectivity index (χ0n) is 9.86. The van der Waals surface area contributed by atoms with Gasteiger partial charge < -0.3 is 10.2 Å². The van der Waals surface area contributed by atoms with Crippen molar-refractivity contribution in [2.75, 3.05) is 20.1 Å². The molecule has 0 spiro atoms. The number of amides is 1. The first kappa shape index (κ1) is 15.1. The molecule has 0 aliphatic carbocycles. The Morgan fingerprint density at radius 1 is 1.17 bits per heavy atom. The summed E-state index contributed by atoms with van der Waals surface area (Å²) in [5.41, 5.74) is 0. The van der Waals surface area contributed by atoms with Crippen molar-refractivity contribution in [2.24, 2.45) is 0 Å². The van der Waals surface area contributed by atoms with E-state index in [9.17, 15) is 26.7 Å². The van der Waals surface area contributed by atoms with E-state index < -0.39 is 24.0 Å². The van der Waals surface area contributed by atoms with E-state index in [0.29, 0.717) is 37.3 Å². The normalized spacial score (nSPS) is 22.4. The van der Waals surface area contributed by atoms with Crippen LogP contribution in [0.1, 0.15) is 19.3 Å². The summed E-state index contributed by atoms with van der Waals surface area (Å²) >= 11 is 0. The van der Waals surface area contributed by atoms with Gasteiger partial charge in [0.25, 0.3) is 0 Å². The first-order valence-electron chi connectivity index (χ1n) is 5.60. The van der Waals surface area contributed by atoms with Gasteiger partial charge in [-0.2, -0.15) is 22.0 Å². The molecule has 0 saturated carbocycles. The lowest BCUT2D eigenvalue weighted by molar-refractivity contribution is -0.274. The maximum Gasteiger partial charge on any atom is 0.463 e. The van der Waals surface area contributed by atoms with Crippen molar-refractivity contribution in [1.29, 1.82) is 0 Å². The maximum atomic E-state index is 12.9. The third kappa shape index (κ3) is 3.09. The Hall–Kier alpha value is -0.920. The summed E-state index contributed by atoms with van der Waals surface area (Å²) < 4.78 is 62.0. The van der Waals surface area contributed by atoms with Gasteiger partial charge in [-0.3, -0.25) is 4.79 Å². The number of carbonyl (C=O) groups excluding carboxylic acids is 1. The second-order valence-corrected chi connectivity index (χ2v) is 4.32. The van der Waals surface area contributed by atoms with Crippen LogP contribution >= 0.6 is 0 Å². The highest BCUT2D eigenvalue weighted by molar-refractivity contribution is 5.84. The molecule has 1 heterocycles. The average Bonchev–Trinajstić information content (AvgIpc) is 2.53. The minimum Gasteiger partial charge on any atom is -0.337 e. The first-order chi connectivity index (χ1) is 8.18. The Balaban J connectivity index is 2.76. The zero-order chi connectivity index (χ0) is 14.0. The molecule has 1 saturated heterocycles. The van der Waals surface area contributed by atoms with Gasteiger partial charge in [-0.15, -0.1) is 0 Å². The lowest BCUT2D eigenvalue weighted by atomic mass is 10.1. The summed E-state index contributed by atoms with van der Waals surface area (Å²) in [5.74, 6) is -7.50. The maximum absolute atomic E-state index is 12.9. The highest BCUT2D eigenvalue weighted by atomic mass is 19.4. The Morgan fingerprint density at radius 2 is 1.78 bits per heavy atom. The first-order valence-corrected chi connectivity index (χ1v) is 5.60. The molecule has 18 heavy (non-hydrogen) atoms. The van der Waals surface area contributed by atoms with Crippen LogP contribution in [-0.4, -0.2) is 49.1 Å². The SMILES string of the molecule is CN(C(=O)C(F)(F)C(F)(F)F)C1CCCNCC1. The summed E-state index contributed by atoms with van der Waals surface area (Å²) in [5, 5.41) is 2.99. The van der Waals surface area contributed by atoms with Crippen LogP contribution in [0.25, 0.3) is 0 Å². The minimum atomic E-state index is -5.85. The largest absolute Gasteiger partial charge is 0.463 e. The third-order valence-electron chi connectivity index (χ3n) is 3.04. The molecule has 0 aromatic rings. The molecule has 1 unspecified atom stereocenters. The van der Waals surface area contributed by atoms with Crippen LogP contribution in [0.3, 0.4) is 0 Å². The number of carbonyl (C=O) groups is 1. The zero-order valence-corrected chi connectivity index (χ0v) is 9.86. The second kappa shape index (κ2) is 5.38. The minimum absolute atomic E-state index is 0.371. The van der Waals surface area contributed by atoms with Crippen molar-refractivity contribution in [3.63, 3.8) is 0 Å². The second-order valence-electron chi connectivity index (χ2n) is 4.32. The average molecular weight is 274 g/mol. The summed E-state index contributed by atoms with van der Waals surface area (Å²) in [6.45, 7) is 1.17. The van der Waals surface area contributed by atoms with E-state index in [1.54, 1.807) is 0 Å². The predicted octanol–water partition coefficient (Wildman–Crippen LogP) is 1.78. The Labute approximate surface area is 101 Å². The lowest BCUT2D eigenvalue weighted by Gasteiger charge is -2.30. The molecule has 1 amide bonds. The van der Waals surface area contributed by atoms with E-state index >= 15 is 0 Å². The van der Waals surface area contributed by atoms with Crippen LogP contribution in [0.2, 0.25) is 0 Å². The molecule has 1 aliphatic heterocycles. The molecule has 0 radical (unpaired) electrons. The molecule has 1 aliphatic rings. The van der Waals surface area contributed by atoms with Crippen molar-refractivity contribution in [3.05, 3.63) is 0 Å². The fourth-order valence-electron chi connectivity index (χ4n) is 1.90. The van der Waals surface area contributed by atoms with Crippen LogP contribution in [0.15, 0.2) is 0 Å². The molecule has 0 bridgehead atoms. The quantitative estimate of drug-likeness (QED) is 0.779. The Bertz CT molecular complexity index is 297. The fraction of sp³-hybridized carbons (Fsp3) is 0.900. The standard InChI is InChI=1S/C10H15F5N2O/c1-17(7-3-2-5-16-6-4-7)8(18)9(11,12)10(13,14)15/h7,16H,2-6H2,1H3. The molecule has 1 rings (SSSR count). The van der Waals surface area contributed by atoms with E-state index in [0.717, 1.165) is 7.05 Å². The van der Waals surface area contributed by atoms with Gasteiger partial charge in [0.1, 0.15) is 0 Å². The molecule has 8 heteroatoms. The number of nitrogens with zero attached hydrogens (tertiary/aromatic N) is 1. The van der Waals surface area contributed by atoms with Gasteiger partial charge in [-0.05, 0) is 32.4 Å². The van der Waals surface area contributed by atoms with Crippen molar-refractivity contribution in [1.82, 2.24) is 10.2 Å². The van der Waals surface area contributed by atoms with E-state index in [2.05, 4.69) is 5.32 Å².